The Kier molecular flexibility index (Phi) is 4.51. The third kappa shape index (κ3) is 3.30. The van der Waals surface area contributed by atoms with Crippen LogP contribution in [0.5, 0.6) is 0 Å². The lowest BCUT2D eigenvalue weighted by molar-refractivity contribution is 0.460. The van der Waals surface area contributed by atoms with Gasteiger partial charge in [0.1, 0.15) is 0 Å². The summed E-state index contributed by atoms with van der Waals surface area (Å²) in [5.41, 5.74) is 4.14. The molecule has 0 radical (unpaired) electrons. The molecule has 2 heteroatoms. The summed E-state index contributed by atoms with van der Waals surface area (Å²) in [6, 6.07) is 6.18. The minimum Gasteiger partial charge on any atom is -0.292 e. The van der Waals surface area contributed by atoms with E-state index in [2.05, 4.69) is 43.3 Å². The summed E-state index contributed by atoms with van der Waals surface area (Å²) in [5.74, 6) is 0. The topological polar surface area (TPSA) is 12.4 Å². The summed E-state index contributed by atoms with van der Waals surface area (Å²) < 4.78 is 0. The quantitative estimate of drug-likeness (QED) is 0.552. The van der Waals surface area contributed by atoms with E-state index >= 15 is 0 Å². The molecule has 19 heavy (non-hydrogen) atoms. The average molecular weight is 273 g/mol. The standard InChI is InChI=1S/C17H23NS/c1-4-13-6-7-14(19)12-15(13)16(18-3)8-9-17(5-2)10-11-17/h4,6-7,12,19H,1,5,8-11H2,2-3H3. The highest BCUT2D eigenvalue weighted by Gasteiger charge is 2.40. The Morgan fingerprint density at radius 1 is 1.47 bits per heavy atom. The molecular formula is C17H23NS. The van der Waals surface area contributed by atoms with E-state index < -0.39 is 0 Å². The zero-order valence-electron chi connectivity index (χ0n) is 11.9. The van der Waals surface area contributed by atoms with Gasteiger partial charge < -0.3 is 0 Å². The molecule has 102 valence electrons. The molecule has 0 aromatic heterocycles. The van der Waals surface area contributed by atoms with Crippen LogP contribution < -0.4 is 0 Å². The van der Waals surface area contributed by atoms with Crippen LogP contribution in [0.2, 0.25) is 0 Å². The number of thiol groups is 1. The van der Waals surface area contributed by atoms with Gasteiger partial charge in [-0.25, -0.2) is 0 Å². The molecule has 0 saturated heterocycles. The van der Waals surface area contributed by atoms with Crippen molar-refractivity contribution in [2.24, 2.45) is 10.4 Å². The van der Waals surface area contributed by atoms with E-state index in [9.17, 15) is 0 Å². The second kappa shape index (κ2) is 5.96. The molecule has 2 rings (SSSR count). The molecule has 1 fully saturated rings. The highest BCUT2D eigenvalue weighted by molar-refractivity contribution is 7.80. The average Bonchev–Trinajstić information content (AvgIpc) is 3.20. The van der Waals surface area contributed by atoms with Crippen molar-refractivity contribution in [1.29, 1.82) is 0 Å². The molecule has 0 unspecified atom stereocenters. The Hall–Kier alpha value is -1.02. The lowest BCUT2D eigenvalue weighted by Crippen LogP contribution is -2.08. The molecular weight excluding hydrogens is 250 g/mol. The van der Waals surface area contributed by atoms with Gasteiger partial charge in [0.15, 0.2) is 0 Å². The van der Waals surface area contributed by atoms with Gasteiger partial charge in [-0.2, -0.15) is 0 Å². The minimum absolute atomic E-state index is 0.614. The molecule has 0 amide bonds. The van der Waals surface area contributed by atoms with E-state index in [1.807, 2.05) is 19.2 Å². The van der Waals surface area contributed by atoms with Crippen molar-refractivity contribution in [2.75, 3.05) is 7.05 Å². The van der Waals surface area contributed by atoms with Crippen LogP contribution >= 0.6 is 12.6 Å². The van der Waals surface area contributed by atoms with Crippen molar-refractivity contribution in [2.45, 2.75) is 43.9 Å². The van der Waals surface area contributed by atoms with Gasteiger partial charge in [0.2, 0.25) is 0 Å². The number of hydrogen-bond donors (Lipinski definition) is 1. The molecule has 0 aliphatic heterocycles. The van der Waals surface area contributed by atoms with Gasteiger partial charge in [-0.3, -0.25) is 4.99 Å². The van der Waals surface area contributed by atoms with Crippen molar-refractivity contribution in [1.82, 2.24) is 0 Å². The Balaban J connectivity index is 2.18. The SMILES string of the molecule is C=Cc1ccc(S)cc1C(CCC1(CC)CC1)=NC. The van der Waals surface area contributed by atoms with Crippen LogP contribution in [0.3, 0.4) is 0 Å². The number of nitrogens with zero attached hydrogens (tertiary/aromatic N) is 1. The van der Waals surface area contributed by atoms with Crippen molar-refractivity contribution in [3.8, 4) is 0 Å². The van der Waals surface area contributed by atoms with Crippen molar-refractivity contribution >= 4 is 24.4 Å². The highest BCUT2D eigenvalue weighted by Crippen LogP contribution is 2.52. The number of hydrogen-bond acceptors (Lipinski definition) is 2. The summed E-state index contributed by atoms with van der Waals surface area (Å²) in [6.45, 7) is 6.20. The molecule has 0 heterocycles. The Morgan fingerprint density at radius 2 is 2.21 bits per heavy atom. The maximum absolute atomic E-state index is 4.51. The molecule has 0 atom stereocenters. The number of benzene rings is 1. The van der Waals surface area contributed by atoms with Gasteiger partial charge in [0, 0.05) is 23.2 Å². The zero-order chi connectivity index (χ0) is 13.9. The first-order valence-electron chi connectivity index (χ1n) is 7.05. The fourth-order valence-electron chi connectivity index (χ4n) is 2.68. The molecule has 0 spiro atoms. The van der Waals surface area contributed by atoms with Crippen LogP contribution in [0.15, 0.2) is 34.7 Å². The van der Waals surface area contributed by atoms with Gasteiger partial charge in [0.25, 0.3) is 0 Å². The van der Waals surface area contributed by atoms with Crippen molar-refractivity contribution in [3.63, 3.8) is 0 Å². The zero-order valence-corrected chi connectivity index (χ0v) is 12.8. The lowest BCUT2D eigenvalue weighted by Gasteiger charge is -2.15. The maximum Gasteiger partial charge on any atom is 0.0423 e. The fourth-order valence-corrected chi connectivity index (χ4v) is 2.88. The monoisotopic (exact) mass is 273 g/mol. The van der Waals surface area contributed by atoms with Crippen LogP contribution in [0.1, 0.15) is 50.2 Å². The maximum atomic E-state index is 4.51. The third-order valence-electron chi connectivity index (χ3n) is 4.44. The second-order valence-electron chi connectivity index (χ2n) is 5.50. The first-order chi connectivity index (χ1) is 9.14. The van der Waals surface area contributed by atoms with Crippen LogP contribution in [0.4, 0.5) is 0 Å². The second-order valence-corrected chi connectivity index (χ2v) is 6.02. The molecule has 1 aromatic rings. The largest absolute Gasteiger partial charge is 0.292 e. The molecule has 1 aliphatic carbocycles. The van der Waals surface area contributed by atoms with Crippen LogP contribution in [0.25, 0.3) is 6.08 Å². The predicted octanol–water partition coefficient (Wildman–Crippen LogP) is 5.01. The number of rotatable bonds is 6. The van der Waals surface area contributed by atoms with Crippen molar-refractivity contribution < 1.29 is 0 Å². The summed E-state index contributed by atoms with van der Waals surface area (Å²) in [4.78, 5) is 5.49. The Labute approximate surface area is 122 Å². The first-order valence-corrected chi connectivity index (χ1v) is 7.50. The number of aliphatic imine (C=N–C) groups is 1. The van der Waals surface area contributed by atoms with Gasteiger partial charge in [-0.05, 0) is 48.8 Å². The van der Waals surface area contributed by atoms with Crippen molar-refractivity contribution in [3.05, 3.63) is 35.9 Å². The molecule has 1 aromatic carbocycles. The fraction of sp³-hybridized carbons (Fsp3) is 0.471. The third-order valence-corrected chi connectivity index (χ3v) is 4.72. The highest BCUT2D eigenvalue weighted by atomic mass is 32.1. The van der Waals surface area contributed by atoms with E-state index in [0.717, 1.165) is 16.9 Å². The molecule has 1 nitrogen and oxygen atoms in total. The Bertz CT molecular complexity index is 498. The van der Waals surface area contributed by atoms with E-state index in [1.165, 1.54) is 37.0 Å². The van der Waals surface area contributed by atoms with E-state index in [4.69, 9.17) is 0 Å². The van der Waals surface area contributed by atoms with Crippen LogP contribution in [-0.2, 0) is 0 Å². The van der Waals surface area contributed by atoms with E-state index in [1.54, 1.807) is 0 Å². The predicted molar refractivity (Wildman–Crippen MR) is 87.4 cm³/mol. The molecule has 0 N–H and O–H groups in total. The summed E-state index contributed by atoms with van der Waals surface area (Å²) in [6.07, 6.45) is 8.29. The van der Waals surface area contributed by atoms with Gasteiger partial charge in [0.05, 0.1) is 0 Å². The first kappa shape index (κ1) is 14.4. The summed E-state index contributed by atoms with van der Waals surface area (Å²) >= 11 is 4.44. The van der Waals surface area contributed by atoms with Crippen LogP contribution in [0, 0.1) is 5.41 Å². The Morgan fingerprint density at radius 3 is 2.74 bits per heavy atom. The van der Waals surface area contributed by atoms with Crippen LogP contribution in [-0.4, -0.2) is 12.8 Å². The van der Waals surface area contributed by atoms with Gasteiger partial charge >= 0.3 is 0 Å². The lowest BCUT2D eigenvalue weighted by atomic mass is 9.92. The van der Waals surface area contributed by atoms with E-state index in [-0.39, 0.29) is 0 Å². The molecule has 1 aliphatic rings. The summed E-state index contributed by atoms with van der Waals surface area (Å²) in [5, 5.41) is 0. The molecule has 0 bridgehead atoms. The summed E-state index contributed by atoms with van der Waals surface area (Å²) in [7, 11) is 1.89. The smallest absolute Gasteiger partial charge is 0.0423 e. The van der Waals surface area contributed by atoms with Gasteiger partial charge in [-0.15, -0.1) is 12.6 Å². The normalized spacial score (nSPS) is 17.3. The van der Waals surface area contributed by atoms with Gasteiger partial charge in [-0.1, -0.05) is 32.1 Å². The van der Waals surface area contributed by atoms with E-state index in [0.29, 0.717) is 5.41 Å². The minimum atomic E-state index is 0.614. The molecule has 1 saturated carbocycles.